The number of nitrogens with two attached hydrogens (primary N) is 1. The van der Waals surface area contributed by atoms with Crippen LogP contribution in [0.5, 0.6) is 5.75 Å². The van der Waals surface area contributed by atoms with Crippen LogP contribution in [0.2, 0.25) is 0 Å². The first-order valence-electron chi connectivity index (χ1n) is 8.87. The van der Waals surface area contributed by atoms with Crippen LogP contribution in [0.1, 0.15) is 16.7 Å². The second kappa shape index (κ2) is 6.96. The molecule has 1 aliphatic rings. The summed E-state index contributed by atoms with van der Waals surface area (Å²) >= 11 is 0. The summed E-state index contributed by atoms with van der Waals surface area (Å²) in [6, 6.07) is 14.5. The van der Waals surface area contributed by atoms with Gasteiger partial charge >= 0.3 is 0 Å². The lowest BCUT2D eigenvalue weighted by Gasteiger charge is -2.26. The van der Waals surface area contributed by atoms with Gasteiger partial charge in [-0.15, -0.1) is 0 Å². The van der Waals surface area contributed by atoms with E-state index in [9.17, 15) is 4.39 Å². The first-order chi connectivity index (χ1) is 13.5. The molecule has 28 heavy (non-hydrogen) atoms. The van der Waals surface area contributed by atoms with Gasteiger partial charge in [-0.25, -0.2) is 9.38 Å². The van der Waals surface area contributed by atoms with Gasteiger partial charge in [-0.05, 0) is 53.9 Å². The topological polar surface area (TPSA) is 69.7 Å². The molecule has 0 radical (unpaired) electrons. The molecular formula is C22H20FN3O2. The van der Waals surface area contributed by atoms with Gasteiger partial charge in [-0.2, -0.15) is 0 Å². The number of rotatable bonds is 4. The van der Waals surface area contributed by atoms with Gasteiger partial charge in [-0.3, -0.25) is 4.98 Å². The van der Waals surface area contributed by atoms with Crippen LogP contribution in [0.3, 0.4) is 0 Å². The molecule has 0 bridgehead atoms. The molecular weight excluding hydrogens is 357 g/mol. The molecule has 142 valence electrons. The minimum atomic E-state index is -0.855. The van der Waals surface area contributed by atoms with Crippen LogP contribution in [-0.2, 0) is 10.3 Å². The van der Waals surface area contributed by atoms with Crippen LogP contribution in [0.4, 0.5) is 4.39 Å². The average Bonchev–Trinajstić information content (AvgIpc) is 3.12. The van der Waals surface area contributed by atoms with Crippen molar-refractivity contribution in [1.82, 2.24) is 4.98 Å². The number of aliphatic imine (C=N–C) groups is 1. The van der Waals surface area contributed by atoms with Crippen molar-refractivity contribution in [1.29, 1.82) is 0 Å². The highest BCUT2D eigenvalue weighted by Gasteiger charge is 2.40. The molecule has 0 fully saturated rings. The zero-order valence-corrected chi connectivity index (χ0v) is 15.6. The molecule has 0 saturated heterocycles. The molecule has 1 atom stereocenters. The lowest BCUT2D eigenvalue weighted by molar-refractivity contribution is 0.278. The number of benzene rings is 2. The lowest BCUT2D eigenvalue weighted by atomic mass is 9.82. The average molecular weight is 377 g/mol. The van der Waals surface area contributed by atoms with Gasteiger partial charge in [0.05, 0.1) is 7.11 Å². The van der Waals surface area contributed by atoms with E-state index >= 15 is 0 Å². The predicted molar refractivity (Wildman–Crippen MR) is 106 cm³/mol. The molecule has 1 aliphatic heterocycles. The molecule has 3 aromatic rings. The zero-order chi connectivity index (χ0) is 19.7. The molecule has 0 aliphatic carbocycles. The number of hydrogen-bond donors (Lipinski definition) is 1. The maximum Gasteiger partial charge on any atom is 0.283 e. The SMILES string of the molecule is COc1ccc([C@]2(c3ccc(F)c(-c4cccnc4)c3)COC(N)=N2)cc1C. The molecule has 5 nitrogen and oxygen atoms in total. The Bertz CT molecular complexity index is 1050. The van der Waals surface area contributed by atoms with Crippen LogP contribution < -0.4 is 10.5 Å². The van der Waals surface area contributed by atoms with Crippen molar-refractivity contribution in [3.63, 3.8) is 0 Å². The Kier molecular flexibility index (Phi) is 4.47. The maximum atomic E-state index is 14.6. The van der Waals surface area contributed by atoms with Gasteiger partial charge in [0.25, 0.3) is 6.02 Å². The highest BCUT2D eigenvalue weighted by atomic mass is 19.1. The first-order valence-corrected chi connectivity index (χ1v) is 8.87. The largest absolute Gasteiger partial charge is 0.496 e. The minimum absolute atomic E-state index is 0.112. The van der Waals surface area contributed by atoms with Crippen molar-refractivity contribution < 1.29 is 13.9 Å². The molecule has 1 aromatic heterocycles. The molecule has 0 spiro atoms. The summed E-state index contributed by atoms with van der Waals surface area (Å²) in [5.74, 6) is 0.457. The third-order valence-electron chi connectivity index (χ3n) is 5.02. The summed E-state index contributed by atoms with van der Waals surface area (Å²) in [7, 11) is 1.63. The quantitative estimate of drug-likeness (QED) is 0.751. The first kappa shape index (κ1) is 18.0. The molecule has 2 heterocycles. The van der Waals surface area contributed by atoms with E-state index in [1.54, 1.807) is 37.7 Å². The van der Waals surface area contributed by atoms with Gasteiger partial charge in [0.15, 0.2) is 5.54 Å². The summed E-state index contributed by atoms with van der Waals surface area (Å²) in [6.07, 6.45) is 3.29. The fourth-order valence-corrected chi connectivity index (χ4v) is 3.55. The molecule has 2 N–H and O–H groups in total. The van der Waals surface area contributed by atoms with Crippen LogP contribution in [0.15, 0.2) is 65.9 Å². The fourth-order valence-electron chi connectivity index (χ4n) is 3.55. The number of hydrogen-bond acceptors (Lipinski definition) is 5. The van der Waals surface area contributed by atoms with Gasteiger partial charge in [0, 0.05) is 23.5 Å². The van der Waals surface area contributed by atoms with Crippen molar-refractivity contribution >= 4 is 6.02 Å². The van der Waals surface area contributed by atoms with E-state index in [2.05, 4.69) is 9.98 Å². The number of pyridine rings is 1. The minimum Gasteiger partial charge on any atom is -0.496 e. The van der Waals surface area contributed by atoms with Crippen molar-refractivity contribution in [2.24, 2.45) is 10.7 Å². The number of halogens is 1. The van der Waals surface area contributed by atoms with Crippen LogP contribution in [-0.4, -0.2) is 24.7 Å². The molecule has 6 heteroatoms. The lowest BCUT2D eigenvalue weighted by Crippen LogP contribution is -2.27. The van der Waals surface area contributed by atoms with Crippen molar-refractivity contribution in [3.05, 3.63) is 83.4 Å². The number of amidine groups is 1. The predicted octanol–water partition coefficient (Wildman–Crippen LogP) is 3.79. The molecule has 0 unspecified atom stereocenters. The van der Waals surface area contributed by atoms with E-state index in [4.69, 9.17) is 15.2 Å². The summed E-state index contributed by atoms with van der Waals surface area (Å²) < 4.78 is 25.5. The highest BCUT2D eigenvalue weighted by Crippen LogP contribution is 2.40. The standard InChI is InChI=1S/C22H20FN3O2/c1-14-10-16(6-8-20(14)27-2)22(13-28-21(24)26-22)17-5-7-19(23)18(11-17)15-4-3-9-25-12-15/h3-12H,13H2,1-2H3,(H2,24,26)/t22-/m0/s1. The second-order valence-corrected chi connectivity index (χ2v) is 6.72. The number of nitrogens with zero attached hydrogens (tertiary/aromatic N) is 2. The van der Waals surface area contributed by atoms with Crippen LogP contribution >= 0.6 is 0 Å². The van der Waals surface area contributed by atoms with Gasteiger partial charge in [0.1, 0.15) is 18.2 Å². The number of aryl methyl sites for hydroxylation is 1. The van der Waals surface area contributed by atoms with E-state index in [-0.39, 0.29) is 18.4 Å². The molecule has 2 aromatic carbocycles. The third-order valence-corrected chi connectivity index (χ3v) is 5.02. The summed E-state index contributed by atoms with van der Waals surface area (Å²) in [6.45, 7) is 2.20. The summed E-state index contributed by atoms with van der Waals surface area (Å²) in [5, 5.41) is 0. The maximum absolute atomic E-state index is 14.6. The third kappa shape index (κ3) is 2.97. The van der Waals surface area contributed by atoms with Crippen molar-refractivity contribution in [3.8, 4) is 16.9 Å². The number of aromatic nitrogens is 1. The monoisotopic (exact) mass is 377 g/mol. The van der Waals surface area contributed by atoms with Crippen molar-refractivity contribution in [2.75, 3.05) is 13.7 Å². The van der Waals surface area contributed by atoms with E-state index in [0.717, 1.165) is 22.4 Å². The smallest absolute Gasteiger partial charge is 0.283 e. The van der Waals surface area contributed by atoms with Crippen LogP contribution in [0, 0.1) is 12.7 Å². The van der Waals surface area contributed by atoms with E-state index in [1.807, 2.05) is 31.2 Å². The Labute approximate surface area is 162 Å². The Morgan fingerprint density at radius 1 is 1.14 bits per heavy atom. The molecule has 0 amide bonds. The Hall–Kier alpha value is -3.41. The zero-order valence-electron chi connectivity index (χ0n) is 15.6. The normalized spacial score (nSPS) is 18.5. The number of methoxy groups -OCH3 is 1. The summed E-state index contributed by atoms with van der Waals surface area (Å²) in [5.41, 5.74) is 8.82. The van der Waals surface area contributed by atoms with Gasteiger partial charge < -0.3 is 15.2 Å². The van der Waals surface area contributed by atoms with E-state index in [1.165, 1.54) is 6.07 Å². The molecule has 0 saturated carbocycles. The fraction of sp³-hybridized carbons (Fsp3) is 0.182. The molecule has 4 rings (SSSR count). The van der Waals surface area contributed by atoms with Gasteiger partial charge in [0.2, 0.25) is 0 Å². The van der Waals surface area contributed by atoms with Crippen LogP contribution in [0.25, 0.3) is 11.1 Å². The van der Waals surface area contributed by atoms with E-state index < -0.39 is 5.54 Å². The Balaban J connectivity index is 1.89. The van der Waals surface area contributed by atoms with Gasteiger partial charge in [-0.1, -0.05) is 18.2 Å². The highest BCUT2D eigenvalue weighted by molar-refractivity contribution is 5.76. The number of ether oxygens (including phenoxy) is 2. The second-order valence-electron chi connectivity index (χ2n) is 6.72. The Morgan fingerprint density at radius 2 is 1.93 bits per heavy atom. The van der Waals surface area contributed by atoms with E-state index in [0.29, 0.717) is 11.1 Å². The van der Waals surface area contributed by atoms with Crippen molar-refractivity contribution in [2.45, 2.75) is 12.5 Å². The summed E-state index contributed by atoms with van der Waals surface area (Å²) in [4.78, 5) is 8.71. The Morgan fingerprint density at radius 3 is 2.57 bits per heavy atom.